The van der Waals surface area contributed by atoms with Crippen molar-refractivity contribution in [1.82, 2.24) is 9.78 Å². The van der Waals surface area contributed by atoms with Gasteiger partial charge in [0.05, 0.1) is 18.8 Å². The summed E-state index contributed by atoms with van der Waals surface area (Å²) in [6.45, 7) is 4.60. The van der Waals surface area contributed by atoms with Crippen molar-refractivity contribution in [3.05, 3.63) is 77.5 Å². The number of nitrogens with zero attached hydrogens (tertiary/aromatic N) is 2. The van der Waals surface area contributed by atoms with Gasteiger partial charge in [-0.3, -0.25) is 4.68 Å². The van der Waals surface area contributed by atoms with Crippen LogP contribution in [0.4, 0.5) is 11.5 Å². The second-order valence-corrected chi connectivity index (χ2v) is 5.66. The number of aromatic nitrogens is 2. The molecule has 5 nitrogen and oxygen atoms in total. The van der Waals surface area contributed by atoms with E-state index < -0.39 is 0 Å². The highest BCUT2D eigenvalue weighted by Crippen LogP contribution is 2.24. The number of carbonyl (C=O) groups is 1. The molecule has 3 aromatic rings. The SMILES string of the molecule is CCOC(=O)c1c(Nc2ccccc2)nn(Cc2ccccc2)c1C. The Morgan fingerprint density at radius 1 is 1.08 bits per heavy atom. The number of ether oxygens (including phenoxy) is 1. The largest absolute Gasteiger partial charge is 0.462 e. The van der Waals surface area contributed by atoms with E-state index in [0.717, 1.165) is 16.9 Å². The second-order valence-electron chi connectivity index (χ2n) is 5.66. The topological polar surface area (TPSA) is 56.1 Å². The van der Waals surface area contributed by atoms with Crippen LogP contribution in [0.3, 0.4) is 0 Å². The van der Waals surface area contributed by atoms with E-state index in [1.54, 1.807) is 6.92 Å². The highest BCUT2D eigenvalue weighted by atomic mass is 16.5. The maximum Gasteiger partial charge on any atom is 0.343 e. The van der Waals surface area contributed by atoms with Crippen molar-refractivity contribution in [2.24, 2.45) is 0 Å². The van der Waals surface area contributed by atoms with Crippen LogP contribution in [0.25, 0.3) is 0 Å². The van der Waals surface area contributed by atoms with Gasteiger partial charge in [0.2, 0.25) is 0 Å². The van der Waals surface area contributed by atoms with Crippen LogP contribution in [0.15, 0.2) is 60.7 Å². The first-order valence-electron chi connectivity index (χ1n) is 8.29. The number of rotatable bonds is 6. The minimum absolute atomic E-state index is 0.326. The van der Waals surface area contributed by atoms with Gasteiger partial charge in [-0.1, -0.05) is 48.5 Å². The van der Waals surface area contributed by atoms with Gasteiger partial charge in [-0.05, 0) is 31.5 Å². The van der Waals surface area contributed by atoms with Crippen molar-refractivity contribution < 1.29 is 9.53 Å². The highest BCUT2D eigenvalue weighted by Gasteiger charge is 2.22. The van der Waals surface area contributed by atoms with Crippen LogP contribution in [-0.2, 0) is 11.3 Å². The Kier molecular flexibility index (Phi) is 5.14. The van der Waals surface area contributed by atoms with E-state index in [1.165, 1.54) is 0 Å². The van der Waals surface area contributed by atoms with Crippen LogP contribution in [0.2, 0.25) is 0 Å². The van der Waals surface area contributed by atoms with Crippen molar-refractivity contribution in [2.75, 3.05) is 11.9 Å². The molecule has 0 bridgehead atoms. The van der Waals surface area contributed by atoms with E-state index in [9.17, 15) is 4.79 Å². The third kappa shape index (κ3) is 3.88. The molecule has 0 saturated carbocycles. The van der Waals surface area contributed by atoms with Crippen molar-refractivity contribution in [3.63, 3.8) is 0 Å². The molecular formula is C20H21N3O2. The lowest BCUT2D eigenvalue weighted by molar-refractivity contribution is 0.0526. The van der Waals surface area contributed by atoms with Crippen LogP contribution in [0.5, 0.6) is 0 Å². The molecule has 128 valence electrons. The summed E-state index contributed by atoms with van der Waals surface area (Å²) in [5.74, 6) is 0.149. The van der Waals surface area contributed by atoms with E-state index in [2.05, 4.69) is 10.4 Å². The molecular weight excluding hydrogens is 314 g/mol. The minimum atomic E-state index is -0.363. The summed E-state index contributed by atoms with van der Waals surface area (Å²) in [6, 6.07) is 19.7. The number of nitrogens with one attached hydrogen (secondary N) is 1. The lowest BCUT2D eigenvalue weighted by atomic mass is 10.2. The Hall–Kier alpha value is -3.08. The van der Waals surface area contributed by atoms with Gasteiger partial charge in [-0.25, -0.2) is 4.79 Å². The lowest BCUT2D eigenvalue weighted by Gasteiger charge is -2.06. The van der Waals surface area contributed by atoms with Gasteiger partial charge in [0, 0.05) is 5.69 Å². The van der Waals surface area contributed by atoms with Crippen LogP contribution < -0.4 is 5.32 Å². The summed E-state index contributed by atoms with van der Waals surface area (Å²) in [5, 5.41) is 7.83. The number of anilines is 2. The second kappa shape index (κ2) is 7.66. The Morgan fingerprint density at radius 3 is 2.36 bits per heavy atom. The van der Waals surface area contributed by atoms with E-state index in [1.807, 2.05) is 72.3 Å². The number of hydrogen-bond acceptors (Lipinski definition) is 4. The molecule has 0 aliphatic carbocycles. The summed E-state index contributed by atoms with van der Waals surface area (Å²) in [7, 11) is 0. The summed E-state index contributed by atoms with van der Waals surface area (Å²) < 4.78 is 7.04. The smallest absolute Gasteiger partial charge is 0.343 e. The normalized spacial score (nSPS) is 10.5. The zero-order valence-electron chi connectivity index (χ0n) is 14.4. The molecule has 0 amide bonds. The van der Waals surface area contributed by atoms with Gasteiger partial charge in [-0.15, -0.1) is 0 Å². The number of hydrogen-bond donors (Lipinski definition) is 1. The van der Waals surface area contributed by atoms with E-state index >= 15 is 0 Å². The molecule has 0 saturated heterocycles. The molecule has 0 aliphatic heterocycles. The Balaban J connectivity index is 1.97. The molecule has 0 spiro atoms. The molecule has 0 aliphatic rings. The van der Waals surface area contributed by atoms with E-state index in [-0.39, 0.29) is 5.97 Å². The summed E-state index contributed by atoms with van der Waals surface area (Å²) >= 11 is 0. The molecule has 25 heavy (non-hydrogen) atoms. The highest BCUT2D eigenvalue weighted by molar-refractivity contribution is 5.96. The van der Waals surface area contributed by atoms with Gasteiger partial charge in [-0.2, -0.15) is 5.10 Å². The summed E-state index contributed by atoms with van der Waals surface area (Å²) in [5.41, 5.74) is 3.24. The molecule has 1 N–H and O–H groups in total. The van der Waals surface area contributed by atoms with Crippen molar-refractivity contribution in [2.45, 2.75) is 20.4 Å². The third-order valence-corrected chi connectivity index (χ3v) is 3.90. The zero-order valence-corrected chi connectivity index (χ0v) is 14.4. The predicted molar refractivity (Wildman–Crippen MR) is 98.2 cm³/mol. The van der Waals surface area contributed by atoms with Crippen LogP contribution in [0.1, 0.15) is 28.5 Å². The molecule has 0 unspecified atom stereocenters. The fourth-order valence-electron chi connectivity index (χ4n) is 2.65. The maximum absolute atomic E-state index is 12.4. The van der Waals surface area contributed by atoms with Gasteiger partial charge in [0.1, 0.15) is 5.56 Å². The molecule has 0 radical (unpaired) electrons. The van der Waals surface area contributed by atoms with E-state index in [0.29, 0.717) is 24.5 Å². The summed E-state index contributed by atoms with van der Waals surface area (Å²) in [6.07, 6.45) is 0. The number of benzene rings is 2. The maximum atomic E-state index is 12.4. The Labute approximate surface area is 147 Å². The van der Waals surface area contributed by atoms with Crippen LogP contribution in [-0.4, -0.2) is 22.4 Å². The average molecular weight is 335 g/mol. The molecule has 1 aromatic heterocycles. The standard InChI is InChI=1S/C20H21N3O2/c1-3-25-20(24)18-15(2)23(14-16-10-6-4-7-11-16)22-19(18)21-17-12-8-5-9-13-17/h4-13H,3,14H2,1-2H3,(H,21,22). The quantitative estimate of drug-likeness (QED) is 0.687. The predicted octanol–water partition coefficient (Wildman–Crippen LogP) is 4.16. The molecule has 3 rings (SSSR count). The Bertz CT molecular complexity index is 842. The first-order valence-corrected chi connectivity index (χ1v) is 8.29. The lowest BCUT2D eigenvalue weighted by Crippen LogP contribution is -2.09. The van der Waals surface area contributed by atoms with E-state index in [4.69, 9.17) is 4.74 Å². The Morgan fingerprint density at radius 2 is 1.72 bits per heavy atom. The summed E-state index contributed by atoms with van der Waals surface area (Å²) in [4.78, 5) is 12.4. The monoisotopic (exact) mass is 335 g/mol. The van der Waals surface area contributed by atoms with Crippen LogP contribution in [0, 0.1) is 6.92 Å². The average Bonchev–Trinajstić information content (AvgIpc) is 2.92. The molecule has 0 fully saturated rings. The molecule has 5 heteroatoms. The van der Waals surface area contributed by atoms with Crippen molar-refractivity contribution in [3.8, 4) is 0 Å². The fraction of sp³-hybridized carbons (Fsp3) is 0.200. The fourth-order valence-corrected chi connectivity index (χ4v) is 2.65. The van der Waals surface area contributed by atoms with Crippen LogP contribution >= 0.6 is 0 Å². The number of carbonyl (C=O) groups excluding carboxylic acids is 1. The van der Waals surface area contributed by atoms with Gasteiger partial charge < -0.3 is 10.1 Å². The molecule has 1 heterocycles. The van der Waals surface area contributed by atoms with Gasteiger partial charge in [0.25, 0.3) is 0 Å². The number of para-hydroxylation sites is 1. The minimum Gasteiger partial charge on any atom is -0.462 e. The number of esters is 1. The zero-order chi connectivity index (χ0) is 17.6. The van der Waals surface area contributed by atoms with Gasteiger partial charge in [0.15, 0.2) is 5.82 Å². The van der Waals surface area contributed by atoms with Crippen molar-refractivity contribution in [1.29, 1.82) is 0 Å². The third-order valence-electron chi connectivity index (χ3n) is 3.90. The molecule has 0 atom stereocenters. The van der Waals surface area contributed by atoms with Gasteiger partial charge >= 0.3 is 5.97 Å². The first-order chi connectivity index (χ1) is 12.2. The molecule has 2 aromatic carbocycles. The van der Waals surface area contributed by atoms with Crippen molar-refractivity contribution >= 4 is 17.5 Å². The first kappa shape index (κ1) is 16.8.